The van der Waals surface area contributed by atoms with E-state index >= 15 is 0 Å². The topological polar surface area (TPSA) is 42.7 Å². The van der Waals surface area contributed by atoms with Gasteiger partial charge in [-0.25, -0.2) is 9.67 Å². The standard InChI is InChI=1S/C16H22N4/c1-2-4-7-14(8-5-3-1)19-15-9-10-16(17-13-15)20-12-6-11-18-20/h6,9-14,19H,1-5,7-8H2. The van der Waals surface area contributed by atoms with Gasteiger partial charge in [-0.05, 0) is 31.0 Å². The van der Waals surface area contributed by atoms with Crippen LogP contribution in [0.3, 0.4) is 0 Å². The molecular formula is C16H22N4. The monoisotopic (exact) mass is 270 g/mol. The molecule has 0 aromatic carbocycles. The number of anilines is 1. The highest BCUT2D eigenvalue weighted by atomic mass is 15.3. The number of pyridine rings is 1. The zero-order valence-electron chi connectivity index (χ0n) is 11.8. The third-order valence-electron chi connectivity index (χ3n) is 3.96. The number of nitrogens with one attached hydrogen (secondary N) is 1. The molecule has 0 radical (unpaired) electrons. The maximum Gasteiger partial charge on any atom is 0.153 e. The Hall–Kier alpha value is -1.84. The van der Waals surface area contributed by atoms with E-state index in [0.29, 0.717) is 6.04 Å². The third-order valence-corrected chi connectivity index (χ3v) is 3.96. The van der Waals surface area contributed by atoms with E-state index in [1.54, 1.807) is 10.9 Å². The lowest BCUT2D eigenvalue weighted by Crippen LogP contribution is -2.20. The van der Waals surface area contributed by atoms with E-state index in [-0.39, 0.29) is 0 Å². The van der Waals surface area contributed by atoms with Crippen LogP contribution in [-0.4, -0.2) is 20.8 Å². The van der Waals surface area contributed by atoms with Crippen molar-refractivity contribution in [2.45, 2.75) is 51.0 Å². The van der Waals surface area contributed by atoms with Crippen LogP contribution in [0.5, 0.6) is 0 Å². The van der Waals surface area contributed by atoms with Gasteiger partial charge in [0.05, 0.1) is 11.9 Å². The Morgan fingerprint density at radius 1 is 1.05 bits per heavy atom. The van der Waals surface area contributed by atoms with E-state index < -0.39 is 0 Å². The second-order valence-electron chi connectivity index (χ2n) is 5.54. The van der Waals surface area contributed by atoms with Gasteiger partial charge in [-0.3, -0.25) is 0 Å². The molecule has 4 nitrogen and oxygen atoms in total. The fourth-order valence-corrected chi connectivity index (χ4v) is 2.85. The van der Waals surface area contributed by atoms with Crippen molar-refractivity contribution < 1.29 is 0 Å². The van der Waals surface area contributed by atoms with E-state index in [1.165, 1.54) is 44.9 Å². The van der Waals surface area contributed by atoms with Crippen molar-refractivity contribution in [1.29, 1.82) is 0 Å². The van der Waals surface area contributed by atoms with Crippen molar-refractivity contribution in [3.63, 3.8) is 0 Å². The molecule has 0 unspecified atom stereocenters. The Morgan fingerprint density at radius 2 is 1.85 bits per heavy atom. The highest BCUT2D eigenvalue weighted by molar-refractivity contribution is 5.44. The van der Waals surface area contributed by atoms with E-state index in [0.717, 1.165) is 11.5 Å². The Balaban J connectivity index is 1.62. The third kappa shape index (κ3) is 3.38. The van der Waals surface area contributed by atoms with E-state index in [1.807, 2.05) is 24.5 Å². The summed E-state index contributed by atoms with van der Waals surface area (Å²) in [6.07, 6.45) is 15.0. The van der Waals surface area contributed by atoms with Crippen LogP contribution in [0.15, 0.2) is 36.8 Å². The van der Waals surface area contributed by atoms with Crippen LogP contribution in [0.2, 0.25) is 0 Å². The summed E-state index contributed by atoms with van der Waals surface area (Å²) in [6.45, 7) is 0. The Morgan fingerprint density at radius 3 is 2.50 bits per heavy atom. The molecule has 1 aliphatic carbocycles. The zero-order valence-corrected chi connectivity index (χ0v) is 11.8. The SMILES string of the molecule is c1cnn(-c2ccc(NC3CCCCCCC3)cn2)c1. The molecule has 2 aromatic heterocycles. The van der Waals surface area contributed by atoms with Gasteiger partial charge in [0.2, 0.25) is 0 Å². The molecule has 4 heteroatoms. The predicted molar refractivity (Wildman–Crippen MR) is 81.1 cm³/mol. The molecule has 0 amide bonds. The molecule has 0 atom stereocenters. The quantitative estimate of drug-likeness (QED) is 0.922. The Bertz CT molecular complexity index is 496. The number of nitrogens with zero attached hydrogens (tertiary/aromatic N) is 3. The highest BCUT2D eigenvalue weighted by Crippen LogP contribution is 2.20. The van der Waals surface area contributed by atoms with Crippen LogP contribution in [0, 0.1) is 0 Å². The average molecular weight is 270 g/mol. The summed E-state index contributed by atoms with van der Waals surface area (Å²) < 4.78 is 1.78. The Labute approximate surface area is 120 Å². The second kappa shape index (κ2) is 6.55. The summed E-state index contributed by atoms with van der Waals surface area (Å²) >= 11 is 0. The average Bonchev–Trinajstić information content (AvgIpc) is 2.96. The summed E-state index contributed by atoms with van der Waals surface area (Å²) in [4.78, 5) is 4.47. The second-order valence-corrected chi connectivity index (χ2v) is 5.54. The highest BCUT2D eigenvalue weighted by Gasteiger charge is 2.11. The van der Waals surface area contributed by atoms with Crippen LogP contribution in [0.25, 0.3) is 5.82 Å². The summed E-state index contributed by atoms with van der Waals surface area (Å²) in [6, 6.07) is 6.62. The van der Waals surface area contributed by atoms with Gasteiger partial charge >= 0.3 is 0 Å². The zero-order chi connectivity index (χ0) is 13.6. The first-order chi connectivity index (χ1) is 9.92. The summed E-state index contributed by atoms with van der Waals surface area (Å²) in [5, 5.41) is 7.82. The number of rotatable bonds is 3. The first-order valence-electron chi connectivity index (χ1n) is 7.64. The predicted octanol–water partition coefficient (Wildman–Crippen LogP) is 3.79. The minimum absolute atomic E-state index is 0.604. The molecule has 1 aliphatic rings. The molecule has 106 valence electrons. The molecule has 0 bridgehead atoms. The molecule has 1 saturated carbocycles. The number of hydrogen-bond donors (Lipinski definition) is 1. The molecule has 0 aliphatic heterocycles. The minimum Gasteiger partial charge on any atom is -0.381 e. The molecule has 0 spiro atoms. The van der Waals surface area contributed by atoms with Crippen molar-refractivity contribution in [3.05, 3.63) is 36.8 Å². The molecule has 2 aromatic rings. The van der Waals surface area contributed by atoms with Crippen LogP contribution < -0.4 is 5.32 Å². The van der Waals surface area contributed by atoms with E-state index in [4.69, 9.17) is 0 Å². The van der Waals surface area contributed by atoms with Crippen LogP contribution in [-0.2, 0) is 0 Å². The number of aromatic nitrogens is 3. The van der Waals surface area contributed by atoms with Crippen molar-refractivity contribution in [1.82, 2.24) is 14.8 Å². The van der Waals surface area contributed by atoms with Crippen molar-refractivity contribution >= 4 is 5.69 Å². The van der Waals surface area contributed by atoms with Crippen LogP contribution in [0.4, 0.5) is 5.69 Å². The Kier molecular flexibility index (Phi) is 4.31. The number of hydrogen-bond acceptors (Lipinski definition) is 3. The van der Waals surface area contributed by atoms with Crippen LogP contribution in [0.1, 0.15) is 44.9 Å². The lowest BCUT2D eigenvalue weighted by Gasteiger charge is -2.22. The van der Waals surface area contributed by atoms with Gasteiger partial charge in [-0.2, -0.15) is 5.10 Å². The van der Waals surface area contributed by atoms with Crippen molar-refractivity contribution in [3.8, 4) is 5.82 Å². The van der Waals surface area contributed by atoms with Gasteiger partial charge in [-0.1, -0.05) is 32.1 Å². The van der Waals surface area contributed by atoms with Gasteiger partial charge in [0.25, 0.3) is 0 Å². The van der Waals surface area contributed by atoms with E-state index in [9.17, 15) is 0 Å². The lowest BCUT2D eigenvalue weighted by molar-refractivity contribution is 0.471. The van der Waals surface area contributed by atoms with E-state index in [2.05, 4.69) is 21.5 Å². The molecule has 3 rings (SSSR count). The van der Waals surface area contributed by atoms with Crippen molar-refractivity contribution in [2.24, 2.45) is 0 Å². The van der Waals surface area contributed by atoms with Gasteiger partial charge < -0.3 is 5.32 Å². The van der Waals surface area contributed by atoms with Gasteiger partial charge in [-0.15, -0.1) is 0 Å². The molecule has 2 heterocycles. The summed E-state index contributed by atoms with van der Waals surface area (Å²) in [7, 11) is 0. The smallest absolute Gasteiger partial charge is 0.153 e. The lowest BCUT2D eigenvalue weighted by atomic mass is 9.96. The van der Waals surface area contributed by atoms with Gasteiger partial charge in [0.1, 0.15) is 0 Å². The maximum absolute atomic E-state index is 4.47. The van der Waals surface area contributed by atoms with Crippen LogP contribution >= 0.6 is 0 Å². The van der Waals surface area contributed by atoms with Gasteiger partial charge in [0.15, 0.2) is 5.82 Å². The molecule has 0 saturated heterocycles. The molecule has 1 N–H and O–H groups in total. The normalized spacial score (nSPS) is 17.4. The largest absolute Gasteiger partial charge is 0.381 e. The minimum atomic E-state index is 0.604. The molecule has 20 heavy (non-hydrogen) atoms. The first-order valence-corrected chi connectivity index (χ1v) is 7.64. The fourth-order valence-electron chi connectivity index (χ4n) is 2.85. The molecule has 1 fully saturated rings. The summed E-state index contributed by atoms with van der Waals surface area (Å²) in [5.41, 5.74) is 1.12. The maximum atomic E-state index is 4.47. The fraction of sp³-hybridized carbons (Fsp3) is 0.500. The summed E-state index contributed by atoms with van der Waals surface area (Å²) in [5.74, 6) is 0.859. The van der Waals surface area contributed by atoms with Crippen molar-refractivity contribution in [2.75, 3.05) is 5.32 Å². The first kappa shape index (κ1) is 13.2. The van der Waals surface area contributed by atoms with Gasteiger partial charge in [0, 0.05) is 18.4 Å². The molecular weight excluding hydrogens is 248 g/mol.